The van der Waals surface area contributed by atoms with Gasteiger partial charge in [0.25, 0.3) is 5.92 Å². The van der Waals surface area contributed by atoms with Gasteiger partial charge in [0.1, 0.15) is 5.41 Å². The molecule has 0 unspecified atom stereocenters. The van der Waals surface area contributed by atoms with Crippen molar-refractivity contribution >= 4 is 11.7 Å². The number of rotatable bonds is 6. The van der Waals surface area contributed by atoms with E-state index in [4.69, 9.17) is 5.21 Å². The van der Waals surface area contributed by atoms with Crippen LogP contribution in [0.25, 0.3) is 0 Å². The summed E-state index contributed by atoms with van der Waals surface area (Å²) in [5.41, 5.74) is -1.23. The summed E-state index contributed by atoms with van der Waals surface area (Å²) >= 11 is 0. The molecule has 0 heterocycles. The molecule has 0 aliphatic carbocycles. The Kier molecular flexibility index (Phi) is 4.47. The third-order valence-electron chi connectivity index (χ3n) is 3.60. The Morgan fingerprint density at radius 1 is 1.26 bits per heavy atom. The lowest BCUT2D eigenvalue weighted by Crippen LogP contribution is -2.45. The molecule has 1 aromatic rings. The number of para-hydroxylation sites is 1. The van der Waals surface area contributed by atoms with Gasteiger partial charge in [0.2, 0.25) is 0 Å². The number of carbonyl (C=O) groups is 1. The van der Waals surface area contributed by atoms with Crippen molar-refractivity contribution in [3.05, 3.63) is 29.8 Å². The summed E-state index contributed by atoms with van der Waals surface area (Å²) < 4.78 is 29.3. The molecule has 0 aromatic heterocycles. The highest BCUT2D eigenvalue weighted by Crippen LogP contribution is 2.51. The van der Waals surface area contributed by atoms with E-state index >= 15 is 0 Å². The molecular formula is C13H17F2NO3. The molecule has 0 radical (unpaired) electrons. The molecule has 3 N–H and O–H groups in total. The fraction of sp³-hybridized carbons (Fsp3) is 0.462. The van der Waals surface area contributed by atoms with Crippen LogP contribution in [0, 0.1) is 5.41 Å². The molecule has 0 saturated heterocycles. The molecule has 106 valence electrons. The first-order valence-corrected chi connectivity index (χ1v) is 5.98. The third-order valence-corrected chi connectivity index (χ3v) is 3.60. The van der Waals surface area contributed by atoms with E-state index in [9.17, 15) is 18.7 Å². The van der Waals surface area contributed by atoms with Gasteiger partial charge in [-0.3, -0.25) is 15.5 Å². The summed E-state index contributed by atoms with van der Waals surface area (Å²) in [5, 5.41) is 18.1. The SMILES string of the molecule is CCC(CC)(C(=O)O)C(F)(F)c1ccccc1NO. The number of aliphatic carboxylic acids is 1. The highest BCUT2D eigenvalue weighted by atomic mass is 19.3. The normalized spacial score (nSPS) is 12.3. The second kappa shape index (κ2) is 5.52. The number of hydrogen-bond donors (Lipinski definition) is 3. The second-order valence-electron chi connectivity index (χ2n) is 4.33. The average molecular weight is 273 g/mol. The van der Waals surface area contributed by atoms with Crippen molar-refractivity contribution in [2.24, 2.45) is 5.41 Å². The van der Waals surface area contributed by atoms with Gasteiger partial charge >= 0.3 is 5.97 Å². The Morgan fingerprint density at radius 3 is 2.21 bits per heavy atom. The molecule has 19 heavy (non-hydrogen) atoms. The topological polar surface area (TPSA) is 69.6 Å². The quantitative estimate of drug-likeness (QED) is 0.694. The molecule has 0 spiro atoms. The van der Waals surface area contributed by atoms with Crippen molar-refractivity contribution in [3.63, 3.8) is 0 Å². The van der Waals surface area contributed by atoms with Crippen LogP contribution in [0.15, 0.2) is 24.3 Å². The Labute approximate surface area is 110 Å². The molecule has 0 amide bonds. The zero-order chi connectivity index (χ0) is 14.7. The predicted octanol–water partition coefficient (Wildman–Crippen LogP) is 3.47. The maximum Gasteiger partial charge on any atom is 0.316 e. The third kappa shape index (κ3) is 2.28. The summed E-state index contributed by atoms with van der Waals surface area (Å²) in [7, 11) is 0. The second-order valence-corrected chi connectivity index (χ2v) is 4.33. The van der Waals surface area contributed by atoms with E-state index < -0.39 is 22.9 Å². The highest BCUT2D eigenvalue weighted by molar-refractivity contribution is 5.77. The highest BCUT2D eigenvalue weighted by Gasteiger charge is 2.58. The lowest BCUT2D eigenvalue weighted by molar-refractivity contribution is -0.184. The average Bonchev–Trinajstić information content (AvgIpc) is 2.40. The van der Waals surface area contributed by atoms with Crippen LogP contribution in [0.2, 0.25) is 0 Å². The van der Waals surface area contributed by atoms with Crippen molar-refractivity contribution in [1.29, 1.82) is 0 Å². The largest absolute Gasteiger partial charge is 0.481 e. The molecule has 0 aliphatic rings. The molecule has 1 aromatic carbocycles. The minimum Gasteiger partial charge on any atom is -0.481 e. The zero-order valence-corrected chi connectivity index (χ0v) is 10.8. The number of benzene rings is 1. The molecule has 4 nitrogen and oxygen atoms in total. The summed E-state index contributed by atoms with van der Waals surface area (Å²) in [6.07, 6.45) is -0.433. The van der Waals surface area contributed by atoms with Gasteiger partial charge in [-0.2, -0.15) is 8.78 Å². The number of hydrogen-bond acceptors (Lipinski definition) is 3. The molecule has 0 atom stereocenters. The Bertz CT molecular complexity index is 459. The van der Waals surface area contributed by atoms with E-state index in [-0.39, 0.29) is 18.5 Å². The molecular weight excluding hydrogens is 256 g/mol. The summed E-state index contributed by atoms with van der Waals surface area (Å²) in [5.74, 6) is -5.15. The molecule has 6 heteroatoms. The molecule has 1 rings (SSSR count). The lowest BCUT2D eigenvalue weighted by atomic mass is 9.73. The van der Waals surface area contributed by atoms with Crippen molar-refractivity contribution < 1.29 is 23.9 Å². The first-order valence-electron chi connectivity index (χ1n) is 5.98. The van der Waals surface area contributed by atoms with E-state index in [1.807, 2.05) is 0 Å². The van der Waals surface area contributed by atoms with Crippen molar-refractivity contribution in [2.75, 3.05) is 5.48 Å². The van der Waals surface area contributed by atoms with Gasteiger partial charge in [-0.15, -0.1) is 0 Å². The van der Waals surface area contributed by atoms with Crippen LogP contribution in [-0.2, 0) is 10.7 Å². The van der Waals surface area contributed by atoms with E-state index in [1.165, 1.54) is 32.0 Å². The monoisotopic (exact) mass is 273 g/mol. The van der Waals surface area contributed by atoms with Gasteiger partial charge in [0.15, 0.2) is 0 Å². The number of anilines is 1. The number of nitrogens with one attached hydrogen (secondary N) is 1. The molecule has 0 fully saturated rings. The first-order chi connectivity index (χ1) is 8.87. The standard InChI is InChI=1S/C13H17F2NO3/c1-3-12(4-2,11(17)18)13(14,15)9-7-5-6-8-10(9)16-19/h5-8,16,19H,3-4H2,1-2H3,(H,17,18). The van der Waals surface area contributed by atoms with Crippen LogP contribution in [0.1, 0.15) is 32.3 Å². The minimum atomic E-state index is -3.60. The van der Waals surface area contributed by atoms with Crippen LogP contribution in [0.3, 0.4) is 0 Å². The fourth-order valence-corrected chi connectivity index (χ4v) is 2.24. The predicted molar refractivity (Wildman–Crippen MR) is 66.4 cm³/mol. The van der Waals surface area contributed by atoms with E-state index in [0.29, 0.717) is 0 Å². The molecule has 0 aliphatic heterocycles. The van der Waals surface area contributed by atoms with Gasteiger partial charge < -0.3 is 5.11 Å². The Morgan fingerprint density at radius 2 is 1.79 bits per heavy atom. The maximum atomic E-state index is 14.6. The van der Waals surface area contributed by atoms with Gasteiger partial charge in [0, 0.05) is 5.56 Å². The minimum absolute atomic E-state index is 0.194. The number of carboxylic acid groups (broad SMARTS) is 1. The van der Waals surface area contributed by atoms with Crippen LogP contribution in [0.5, 0.6) is 0 Å². The van der Waals surface area contributed by atoms with Crippen molar-refractivity contribution in [2.45, 2.75) is 32.6 Å². The number of halogens is 2. The van der Waals surface area contributed by atoms with E-state index in [1.54, 1.807) is 5.48 Å². The fourth-order valence-electron chi connectivity index (χ4n) is 2.24. The van der Waals surface area contributed by atoms with Gasteiger partial charge in [-0.25, -0.2) is 0 Å². The first kappa shape index (κ1) is 15.4. The van der Waals surface area contributed by atoms with Gasteiger partial charge in [-0.05, 0) is 18.9 Å². The summed E-state index contributed by atoms with van der Waals surface area (Å²) in [6.45, 7) is 2.83. The molecule has 0 bridgehead atoms. The van der Waals surface area contributed by atoms with Gasteiger partial charge in [-0.1, -0.05) is 32.0 Å². The number of alkyl halides is 2. The van der Waals surface area contributed by atoms with Gasteiger partial charge in [0.05, 0.1) is 5.69 Å². The van der Waals surface area contributed by atoms with Crippen LogP contribution < -0.4 is 5.48 Å². The van der Waals surface area contributed by atoms with E-state index in [0.717, 1.165) is 6.07 Å². The molecule has 0 saturated carbocycles. The lowest BCUT2D eigenvalue weighted by Gasteiger charge is -2.36. The zero-order valence-electron chi connectivity index (χ0n) is 10.8. The smallest absolute Gasteiger partial charge is 0.316 e. The van der Waals surface area contributed by atoms with Crippen LogP contribution in [0.4, 0.5) is 14.5 Å². The van der Waals surface area contributed by atoms with Crippen molar-refractivity contribution in [1.82, 2.24) is 0 Å². The maximum absolute atomic E-state index is 14.6. The Balaban J connectivity index is 3.47. The van der Waals surface area contributed by atoms with E-state index in [2.05, 4.69) is 0 Å². The summed E-state index contributed by atoms with van der Waals surface area (Å²) in [6, 6.07) is 5.23. The van der Waals surface area contributed by atoms with Crippen LogP contribution >= 0.6 is 0 Å². The Hall–Kier alpha value is -1.69. The van der Waals surface area contributed by atoms with Crippen LogP contribution in [-0.4, -0.2) is 16.3 Å². The summed E-state index contributed by atoms with van der Waals surface area (Å²) in [4.78, 5) is 11.3. The number of carboxylic acids is 1. The van der Waals surface area contributed by atoms with Crippen molar-refractivity contribution in [3.8, 4) is 0 Å².